The number of hydrogen-bond donors (Lipinski definition) is 2. The van der Waals surface area contributed by atoms with Crippen LogP contribution in [0.5, 0.6) is 0 Å². The topological polar surface area (TPSA) is 165 Å². The van der Waals surface area contributed by atoms with Gasteiger partial charge in [0.2, 0.25) is 5.16 Å². The predicted molar refractivity (Wildman–Crippen MR) is 115 cm³/mol. The van der Waals surface area contributed by atoms with Crippen molar-refractivity contribution in [3.63, 3.8) is 0 Å². The van der Waals surface area contributed by atoms with Crippen molar-refractivity contribution in [2.24, 2.45) is 12.2 Å². The summed E-state index contributed by atoms with van der Waals surface area (Å²) < 4.78 is 1.48. The van der Waals surface area contributed by atoms with E-state index in [2.05, 4.69) is 31.0 Å². The fourth-order valence-corrected chi connectivity index (χ4v) is 6.00. The number of hydrogen-bond acceptors (Lipinski definition) is 12. The van der Waals surface area contributed by atoms with Crippen LogP contribution in [0, 0.1) is 0 Å². The largest absolute Gasteiger partial charge is 0.477 e. The minimum Gasteiger partial charge on any atom is -0.477 e. The number of thioether (sulfide) groups is 2. The molecule has 2 aromatic rings. The number of nitrogens with one attached hydrogen (secondary N) is 1. The number of aryl methyl sites for hydroxylation is 1. The molecule has 16 heteroatoms. The first kappa shape index (κ1) is 22.2. The van der Waals surface area contributed by atoms with Crippen LogP contribution in [0.15, 0.2) is 32.5 Å². The van der Waals surface area contributed by atoms with E-state index in [4.69, 9.17) is 4.84 Å². The summed E-state index contributed by atoms with van der Waals surface area (Å²) in [6.45, 7) is 0. The van der Waals surface area contributed by atoms with Gasteiger partial charge in [-0.15, -0.1) is 28.2 Å². The van der Waals surface area contributed by atoms with E-state index in [1.165, 1.54) is 51.6 Å². The zero-order valence-electron chi connectivity index (χ0n) is 16.7. The van der Waals surface area contributed by atoms with Gasteiger partial charge in [0.05, 0.1) is 5.51 Å². The summed E-state index contributed by atoms with van der Waals surface area (Å²) in [7, 11) is 2.98. The highest BCUT2D eigenvalue weighted by Crippen LogP contribution is 2.41. The number of aromatic nitrogens is 5. The minimum absolute atomic E-state index is 0.0656. The van der Waals surface area contributed by atoms with Gasteiger partial charge in [-0.25, -0.2) is 14.5 Å². The van der Waals surface area contributed by atoms with E-state index in [1.807, 2.05) is 0 Å². The normalized spacial score (nSPS) is 20.6. The highest BCUT2D eigenvalue weighted by atomic mass is 32.2. The Morgan fingerprint density at radius 3 is 2.91 bits per heavy atom. The van der Waals surface area contributed by atoms with Gasteiger partial charge in [-0.1, -0.05) is 16.9 Å². The molecule has 1 saturated heterocycles. The van der Waals surface area contributed by atoms with Crippen molar-refractivity contribution in [2.75, 3.05) is 18.6 Å². The second-order valence-electron chi connectivity index (χ2n) is 6.49. The number of tetrazole rings is 1. The molecule has 0 bridgehead atoms. The maximum atomic E-state index is 12.8. The van der Waals surface area contributed by atoms with E-state index < -0.39 is 29.2 Å². The van der Waals surface area contributed by atoms with Gasteiger partial charge in [0, 0.05) is 23.9 Å². The SMILES string of the molecule is CO/N=C(/C(=O)NC1C(=O)N2C(C(=O)O)=C(CSc3nnnn3C)CS[C@H]12)c1cscn1. The summed E-state index contributed by atoms with van der Waals surface area (Å²) in [5.41, 5.74) is 2.30. The first-order valence-corrected chi connectivity index (χ1v) is 12.0. The van der Waals surface area contributed by atoms with Crippen molar-refractivity contribution in [1.82, 2.24) is 35.4 Å². The summed E-state index contributed by atoms with van der Waals surface area (Å²) >= 11 is 3.93. The van der Waals surface area contributed by atoms with Crippen LogP contribution in [0.2, 0.25) is 0 Å². The number of β-lactam (4-membered cyclic amide) rings is 1. The highest BCUT2D eigenvalue weighted by Gasteiger charge is 2.54. The van der Waals surface area contributed by atoms with E-state index in [0.717, 1.165) is 0 Å². The van der Waals surface area contributed by atoms with Gasteiger partial charge in [-0.05, 0) is 16.0 Å². The lowest BCUT2D eigenvalue weighted by molar-refractivity contribution is -0.150. The fourth-order valence-electron chi connectivity index (χ4n) is 3.12. The summed E-state index contributed by atoms with van der Waals surface area (Å²) in [6, 6.07) is -0.889. The lowest BCUT2D eigenvalue weighted by atomic mass is 10.0. The highest BCUT2D eigenvalue weighted by molar-refractivity contribution is 8.01. The molecule has 168 valence electrons. The molecule has 2 aromatic heterocycles. The van der Waals surface area contributed by atoms with E-state index in [9.17, 15) is 19.5 Å². The lowest BCUT2D eigenvalue weighted by Gasteiger charge is -2.49. The van der Waals surface area contributed by atoms with Crippen LogP contribution < -0.4 is 5.32 Å². The Morgan fingerprint density at radius 2 is 2.28 bits per heavy atom. The average molecular weight is 497 g/mol. The van der Waals surface area contributed by atoms with Crippen LogP contribution in [-0.2, 0) is 26.3 Å². The lowest BCUT2D eigenvalue weighted by Crippen LogP contribution is -2.71. The van der Waals surface area contributed by atoms with Crippen LogP contribution in [-0.4, -0.2) is 88.7 Å². The molecule has 0 saturated carbocycles. The summed E-state index contributed by atoms with van der Waals surface area (Å²) in [4.78, 5) is 47.5. The van der Waals surface area contributed by atoms with Gasteiger partial charge in [-0.2, -0.15) is 0 Å². The number of rotatable bonds is 8. The van der Waals surface area contributed by atoms with Crippen molar-refractivity contribution >= 4 is 58.4 Å². The molecule has 0 radical (unpaired) electrons. The molecular weight excluding hydrogens is 480 g/mol. The Labute approximate surface area is 193 Å². The number of thiazole rings is 1. The van der Waals surface area contributed by atoms with E-state index in [1.54, 1.807) is 17.9 Å². The Hall–Kier alpha value is -2.98. The second kappa shape index (κ2) is 9.25. The standard InChI is InChI=1S/C16H16N8O5S3/c1-23-16(19-21-22-23)32-4-7-3-31-14-10(13(26)24(14)11(7)15(27)28)18-12(25)9(20-29-2)8-5-30-6-17-8/h5-6,10,14H,3-4H2,1-2H3,(H,18,25)(H,27,28)/b20-9+/t10?,14-/m1/s1. The van der Waals surface area contributed by atoms with Crippen LogP contribution in [0.4, 0.5) is 0 Å². The summed E-state index contributed by atoms with van der Waals surface area (Å²) in [6.07, 6.45) is 0. The monoisotopic (exact) mass is 496 g/mol. The molecule has 2 aliphatic heterocycles. The van der Waals surface area contributed by atoms with Gasteiger partial charge in [0.1, 0.15) is 29.9 Å². The molecule has 0 spiro atoms. The molecular formula is C16H16N8O5S3. The van der Waals surface area contributed by atoms with Crippen LogP contribution in [0.25, 0.3) is 0 Å². The number of carboxylic acids is 1. The molecule has 32 heavy (non-hydrogen) atoms. The van der Waals surface area contributed by atoms with Gasteiger partial charge in [0.25, 0.3) is 11.8 Å². The Kier molecular flexibility index (Phi) is 6.43. The zero-order valence-corrected chi connectivity index (χ0v) is 19.1. The molecule has 1 fully saturated rings. The van der Waals surface area contributed by atoms with Crippen molar-refractivity contribution in [3.8, 4) is 0 Å². The Balaban J connectivity index is 1.49. The van der Waals surface area contributed by atoms with Crippen molar-refractivity contribution < 1.29 is 24.3 Å². The van der Waals surface area contributed by atoms with Crippen LogP contribution in [0.3, 0.4) is 0 Å². The number of amides is 2. The first-order chi connectivity index (χ1) is 15.4. The zero-order chi connectivity index (χ0) is 22.8. The quantitative estimate of drug-likeness (QED) is 0.210. The summed E-state index contributed by atoms with van der Waals surface area (Å²) in [5, 5.41) is 28.9. The van der Waals surface area contributed by atoms with Crippen molar-refractivity contribution in [1.29, 1.82) is 0 Å². The molecule has 0 aliphatic carbocycles. The maximum Gasteiger partial charge on any atom is 0.352 e. The smallest absolute Gasteiger partial charge is 0.352 e. The second-order valence-corrected chi connectivity index (χ2v) is 9.25. The van der Waals surface area contributed by atoms with Crippen LogP contribution in [0.1, 0.15) is 5.69 Å². The molecule has 2 aliphatic rings. The van der Waals surface area contributed by atoms with E-state index in [-0.39, 0.29) is 11.4 Å². The molecule has 2 atom stereocenters. The molecule has 4 rings (SSSR count). The molecule has 0 aromatic carbocycles. The summed E-state index contributed by atoms with van der Waals surface area (Å²) in [5.74, 6) is -1.65. The average Bonchev–Trinajstić information content (AvgIpc) is 3.45. The number of oxime groups is 1. The number of fused-ring (bicyclic) bond motifs is 1. The maximum absolute atomic E-state index is 12.8. The fraction of sp³-hybridized carbons (Fsp3) is 0.375. The third-order valence-corrected chi connectivity index (χ3v) is 7.59. The molecule has 1 unspecified atom stereocenters. The van der Waals surface area contributed by atoms with E-state index in [0.29, 0.717) is 27.9 Å². The Bertz CT molecular complexity index is 1110. The number of carbonyl (C=O) groups excluding carboxylic acids is 2. The first-order valence-electron chi connectivity index (χ1n) is 8.98. The third kappa shape index (κ3) is 4.07. The van der Waals surface area contributed by atoms with Crippen LogP contribution >= 0.6 is 34.9 Å². The van der Waals surface area contributed by atoms with Gasteiger partial charge in [-0.3, -0.25) is 14.5 Å². The predicted octanol–water partition coefficient (Wildman–Crippen LogP) is -0.452. The Morgan fingerprint density at radius 1 is 1.47 bits per heavy atom. The molecule has 13 nitrogen and oxygen atoms in total. The number of carboxylic acid groups (broad SMARTS) is 1. The van der Waals surface area contributed by atoms with Gasteiger partial charge >= 0.3 is 5.97 Å². The number of carbonyl (C=O) groups is 3. The van der Waals surface area contributed by atoms with Crippen molar-refractivity contribution in [3.05, 3.63) is 27.9 Å². The van der Waals surface area contributed by atoms with Gasteiger partial charge in [0.15, 0.2) is 5.71 Å². The molecule has 2 N–H and O–H groups in total. The minimum atomic E-state index is -1.20. The number of aliphatic carboxylic acids is 1. The third-order valence-electron chi connectivity index (χ3n) is 4.57. The number of nitrogens with zero attached hydrogens (tertiary/aromatic N) is 7. The van der Waals surface area contributed by atoms with Gasteiger partial charge < -0.3 is 15.3 Å². The van der Waals surface area contributed by atoms with E-state index >= 15 is 0 Å². The molecule has 4 heterocycles. The molecule has 2 amide bonds. The van der Waals surface area contributed by atoms with Crippen molar-refractivity contribution in [2.45, 2.75) is 16.6 Å².